The summed E-state index contributed by atoms with van der Waals surface area (Å²) in [5.41, 5.74) is -5.32. The monoisotopic (exact) mass is 352 g/mol. The zero-order valence-electron chi connectivity index (χ0n) is 13.1. The van der Waals surface area contributed by atoms with Gasteiger partial charge in [0.15, 0.2) is 0 Å². The molecular formula is C13H28F3O3PS. The molecule has 0 fully saturated rings. The van der Waals surface area contributed by atoms with Crippen molar-refractivity contribution in [2.45, 2.75) is 64.8 Å². The molecule has 0 atom stereocenters. The average Bonchev–Trinajstić information content (AvgIpc) is 2.38. The maximum absolute atomic E-state index is 12.6. The fourth-order valence-electron chi connectivity index (χ4n) is 2.28. The van der Waals surface area contributed by atoms with Crippen LogP contribution in [0.25, 0.3) is 0 Å². The number of rotatable bonds is 11. The van der Waals surface area contributed by atoms with Crippen LogP contribution in [0.3, 0.4) is 0 Å². The third-order valence-electron chi connectivity index (χ3n) is 3.53. The van der Waals surface area contributed by atoms with Crippen molar-refractivity contribution in [2.24, 2.45) is 0 Å². The zero-order valence-corrected chi connectivity index (χ0v) is 14.9. The van der Waals surface area contributed by atoms with Crippen LogP contribution in [-0.4, -0.2) is 32.4 Å². The number of hydrogen-bond donors (Lipinski definition) is 0. The second-order valence-electron chi connectivity index (χ2n) is 5.48. The first-order chi connectivity index (χ1) is 9.64. The molecule has 0 aliphatic rings. The van der Waals surface area contributed by atoms with E-state index in [9.17, 15) is 21.6 Å². The molecule has 0 saturated carbocycles. The Morgan fingerprint density at radius 3 is 1.43 bits per heavy atom. The van der Waals surface area contributed by atoms with E-state index in [0.29, 0.717) is 37.7 Å². The molecule has 0 aromatic rings. The Bertz CT molecular complexity index is 361. The third-order valence-corrected chi connectivity index (χ3v) is 10.2. The van der Waals surface area contributed by atoms with Crippen molar-refractivity contribution in [1.29, 1.82) is 0 Å². The van der Waals surface area contributed by atoms with Crippen LogP contribution >= 0.6 is 7.49 Å². The van der Waals surface area contributed by atoms with Gasteiger partial charge in [-0.1, -0.05) is 0 Å². The van der Waals surface area contributed by atoms with Gasteiger partial charge in [-0.15, -0.1) is 0 Å². The van der Waals surface area contributed by atoms with Crippen molar-refractivity contribution in [3.05, 3.63) is 0 Å². The fraction of sp³-hybridized carbons (Fsp3) is 1.00. The third kappa shape index (κ3) is 7.29. The van der Waals surface area contributed by atoms with Crippen molar-refractivity contribution in [3.8, 4) is 0 Å². The fourth-order valence-corrected chi connectivity index (χ4v) is 9.26. The van der Waals surface area contributed by atoms with Gasteiger partial charge in [-0.25, -0.2) is 0 Å². The Kier molecular flexibility index (Phi) is 9.37. The predicted octanol–water partition coefficient (Wildman–Crippen LogP) is 4.92. The molecule has 0 radical (unpaired) electrons. The standard InChI is InChI=1S/C13H28F3O3PS/c1-4-7-10-20(11-8-5-2,12-9-6-3)19-21(17,18)13(14,15)16/h20H,4-12H2,1-3H3. The first-order valence-electron chi connectivity index (χ1n) is 7.66. The molecule has 21 heavy (non-hydrogen) atoms. The van der Waals surface area contributed by atoms with Gasteiger partial charge >= 0.3 is 126 Å². The first kappa shape index (κ1) is 21.1. The van der Waals surface area contributed by atoms with Crippen molar-refractivity contribution in [1.82, 2.24) is 0 Å². The molecule has 0 spiro atoms. The van der Waals surface area contributed by atoms with Crippen LogP contribution in [0, 0.1) is 0 Å². The first-order valence-corrected chi connectivity index (χ1v) is 11.6. The van der Waals surface area contributed by atoms with Gasteiger partial charge in [-0.05, 0) is 0 Å². The van der Waals surface area contributed by atoms with Gasteiger partial charge in [-0.2, -0.15) is 0 Å². The molecule has 0 aliphatic carbocycles. The van der Waals surface area contributed by atoms with Gasteiger partial charge in [0.05, 0.1) is 0 Å². The molecule has 130 valence electrons. The maximum atomic E-state index is 12.6. The van der Waals surface area contributed by atoms with Crippen molar-refractivity contribution < 1.29 is 25.6 Å². The van der Waals surface area contributed by atoms with Crippen LogP contribution in [0.2, 0.25) is 0 Å². The van der Waals surface area contributed by atoms with Crippen molar-refractivity contribution >= 4 is 17.6 Å². The minimum absolute atomic E-state index is 0.485. The van der Waals surface area contributed by atoms with E-state index in [0.717, 1.165) is 19.3 Å². The van der Waals surface area contributed by atoms with Gasteiger partial charge in [-0.3, -0.25) is 0 Å². The zero-order chi connectivity index (χ0) is 16.6. The summed E-state index contributed by atoms with van der Waals surface area (Å²) in [7, 11) is -8.40. The van der Waals surface area contributed by atoms with Gasteiger partial charge < -0.3 is 0 Å². The Hall–Kier alpha value is 0.130. The molecule has 0 amide bonds. The van der Waals surface area contributed by atoms with E-state index in [1.807, 2.05) is 20.8 Å². The van der Waals surface area contributed by atoms with Crippen LogP contribution in [0.5, 0.6) is 0 Å². The van der Waals surface area contributed by atoms with Crippen LogP contribution in [-0.2, 0) is 14.1 Å². The second-order valence-corrected chi connectivity index (χ2v) is 11.4. The van der Waals surface area contributed by atoms with E-state index in [2.05, 4.69) is 0 Å². The molecule has 0 aliphatic heterocycles. The summed E-state index contributed by atoms with van der Waals surface area (Å²) in [6, 6.07) is 0. The van der Waals surface area contributed by atoms with E-state index in [1.54, 1.807) is 0 Å². The average molecular weight is 352 g/mol. The number of hydrogen-bond acceptors (Lipinski definition) is 3. The number of halogens is 3. The molecule has 0 heterocycles. The summed E-state index contributed by atoms with van der Waals surface area (Å²) in [6.07, 6.45) is 6.07. The Morgan fingerprint density at radius 1 is 0.857 bits per heavy atom. The second kappa shape index (κ2) is 9.31. The SMILES string of the molecule is CCCC[PH](CCCC)(CCCC)OS(=O)(=O)C(F)(F)F. The van der Waals surface area contributed by atoms with Crippen molar-refractivity contribution in [2.75, 3.05) is 18.5 Å². The minimum atomic E-state index is -5.48. The van der Waals surface area contributed by atoms with Crippen molar-refractivity contribution in [3.63, 3.8) is 0 Å². The van der Waals surface area contributed by atoms with E-state index in [4.69, 9.17) is 3.97 Å². The normalized spacial score (nSPS) is 14.4. The predicted molar refractivity (Wildman–Crippen MR) is 83.7 cm³/mol. The van der Waals surface area contributed by atoms with E-state index < -0.39 is 23.1 Å². The summed E-state index contributed by atoms with van der Waals surface area (Å²) in [4.78, 5) is 0. The van der Waals surface area contributed by atoms with E-state index in [1.165, 1.54) is 0 Å². The molecule has 0 saturated heterocycles. The summed E-state index contributed by atoms with van der Waals surface area (Å²) in [6.45, 7) is 5.82. The molecular weight excluding hydrogens is 324 g/mol. The summed E-state index contributed by atoms with van der Waals surface area (Å²) in [5.74, 6) is 0. The van der Waals surface area contributed by atoms with Crippen LogP contribution in [0.1, 0.15) is 59.3 Å². The van der Waals surface area contributed by atoms with Gasteiger partial charge in [0, 0.05) is 0 Å². The van der Waals surface area contributed by atoms with Crippen LogP contribution < -0.4 is 0 Å². The van der Waals surface area contributed by atoms with Gasteiger partial charge in [0.1, 0.15) is 0 Å². The molecule has 3 nitrogen and oxygen atoms in total. The topological polar surface area (TPSA) is 43.4 Å². The molecule has 0 unspecified atom stereocenters. The Morgan fingerprint density at radius 2 is 1.19 bits per heavy atom. The molecule has 0 aromatic carbocycles. The summed E-state index contributed by atoms with van der Waals surface area (Å²) >= 11 is 0. The number of alkyl halides is 3. The molecule has 0 N–H and O–H groups in total. The molecule has 0 aromatic heterocycles. The Labute approximate surface area is 127 Å². The Balaban J connectivity index is 5.30. The molecule has 8 heteroatoms. The van der Waals surface area contributed by atoms with E-state index >= 15 is 0 Å². The number of unbranched alkanes of at least 4 members (excludes halogenated alkanes) is 3. The van der Waals surface area contributed by atoms with Gasteiger partial charge in [0.2, 0.25) is 0 Å². The van der Waals surface area contributed by atoms with Gasteiger partial charge in [0.25, 0.3) is 0 Å². The summed E-state index contributed by atoms with van der Waals surface area (Å²) in [5, 5.41) is 0. The van der Waals surface area contributed by atoms with Crippen LogP contribution in [0.15, 0.2) is 0 Å². The quantitative estimate of drug-likeness (QED) is 0.392. The van der Waals surface area contributed by atoms with E-state index in [-0.39, 0.29) is 0 Å². The molecule has 0 rings (SSSR count). The van der Waals surface area contributed by atoms with Crippen LogP contribution in [0.4, 0.5) is 13.2 Å². The summed E-state index contributed by atoms with van der Waals surface area (Å²) < 4.78 is 65.7. The molecule has 0 bridgehead atoms.